The van der Waals surface area contributed by atoms with Crippen molar-refractivity contribution in [1.29, 1.82) is 0 Å². The van der Waals surface area contributed by atoms with Crippen LogP contribution >= 0.6 is 0 Å². The fourth-order valence-electron chi connectivity index (χ4n) is 12.8. The van der Waals surface area contributed by atoms with Crippen LogP contribution in [0.15, 0.2) is 225 Å². The smallest absolute Gasteiger partial charge is 0.118 e. The third-order valence-electron chi connectivity index (χ3n) is 15.6. The quantitative estimate of drug-likeness (QED) is 0.166. The topological polar surface area (TPSA) is 19.4 Å². The molecule has 3 heteroatoms. The molecule has 0 atom stereocenters. The van der Waals surface area contributed by atoms with Crippen molar-refractivity contribution in [3.05, 3.63) is 292 Å². The molecule has 3 aliphatic carbocycles. The number of aromatic nitrogens is 1. The van der Waals surface area contributed by atoms with Gasteiger partial charge in [-0.15, -0.1) is 0 Å². The van der Waals surface area contributed by atoms with Crippen molar-refractivity contribution in [2.24, 2.45) is 0 Å². The largest absolute Gasteiger partial charge is 0.362 e. The number of hydrogen-bond donors (Lipinski definition) is 0. The first-order valence-corrected chi connectivity index (χ1v) is 23.7. The highest BCUT2D eigenvalue weighted by molar-refractivity contribution is 5.89. The summed E-state index contributed by atoms with van der Waals surface area (Å²) in [7, 11) is 2.17. The number of fused-ring (bicyclic) bond motifs is 9. The summed E-state index contributed by atoms with van der Waals surface area (Å²) in [6.45, 7) is 7.66. The molecular formula is C64H51N3. The van der Waals surface area contributed by atoms with Gasteiger partial charge in [0, 0.05) is 25.6 Å². The maximum Gasteiger partial charge on any atom is 0.118 e. The van der Waals surface area contributed by atoms with E-state index >= 15 is 0 Å². The molecule has 0 fully saturated rings. The molecule has 0 bridgehead atoms. The highest BCUT2D eigenvalue weighted by Gasteiger charge is 2.53. The van der Waals surface area contributed by atoms with Gasteiger partial charge in [0.25, 0.3) is 0 Å². The van der Waals surface area contributed by atoms with Crippen LogP contribution in [0.2, 0.25) is 0 Å². The van der Waals surface area contributed by atoms with Gasteiger partial charge < -0.3 is 9.80 Å². The molecule has 9 aromatic rings. The van der Waals surface area contributed by atoms with E-state index in [1.165, 1.54) is 94.6 Å². The number of pyridine rings is 1. The van der Waals surface area contributed by atoms with E-state index in [0.29, 0.717) is 0 Å². The second kappa shape index (κ2) is 14.4. The molecule has 3 nitrogen and oxygen atoms in total. The Hall–Kier alpha value is -7.75. The van der Waals surface area contributed by atoms with Crippen molar-refractivity contribution in [3.8, 4) is 33.4 Å². The van der Waals surface area contributed by atoms with Crippen LogP contribution in [0.5, 0.6) is 0 Å². The first-order valence-electron chi connectivity index (χ1n) is 23.7. The molecule has 0 radical (unpaired) electrons. The maximum atomic E-state index is 5.39. The lowest BCUT2D eigenvalue weighted by molar-refractivity contribution is 0.198. The van der Waals surface area contributed by atoms with Gasteiger partial charge in [0.05, 0.1) is 23.2 Å². The van der Waals surface area contributed by atoms with Crippen LogP contribution in [0.25, 0.3) is 33.4 Å². The summed E-state index contributed by atoms with van der Waals surface area (Å²) >= 11 is 0. The third-order valence-corrected chi connectivity index (χ3v) is 15.6. The zero-order valence-corrected chi connectivity index (χ0v) is 38.4. The highest BCUT2D eigenvalue weighted by Crippen LogP contribution is 2.61. The zero-order valence-electron chi connectivity index (χ0n) is 38.4. The van der Waals surface area contributed by atoms with Crippen LogP contribution in [-0.2, 0) is 21.8 Å². The highest BCUT2D eigenvalue weighted by atomic mass is 15.4. The molecule has 8 aromatic carbocycles. The molecule has 67 heavy (non-hydrogen) atoms. The fourth-order valence-corrected chi connectivity index (χ4v) is 12.8. The van der Waals surface area contributed by atoms with Crippen molar-refractivity contribution in [2.75, 3.05) is 13.7 Å². The van der Waals surface area contributed by atoms with Gasteiger partial charge in [-0.25, -0.2) is 0 Å². The van der Waals surface area contributed by atoms with E-state index < -0.39 is 16.4 Å². The molecule has 1 aliphatic heterocycles. The van der Waals surface area contributed by atoms with E-state index in [9.17, 15) is 0 Å². The molecule has 2 heterocycles. The number of rotatable bonds is 6. The summed E-state index contributed by atoms with van der Waals surface area (Å²) in [5.41, 5.74) is 20.6. The Morgan fingerprint density at radius 1 is 0.403 bits per heavy atom. The summed E-state index contributed by atoms with van der Waals surface area (Å²) in [5.74, 6) is 0. The number of nitrogens with zero attached hydrogens (tertiary/aromatic N) is 3. The second-order valence-corrected chi connectivity index (χ2v) is 20.0. The van der Waals surface area contributed by atoms with Crippen LogP contribution in [0.3, 0.4) is 0 Å². The van der Waals surface area contributed by atoms with Gasteiger partial charge in [-0.1, -0.05) is 215 Å². The summed E-state index contributed by atoms with van der Waals surface area (Å²) in [5, 5.41) is 0. The zero-order chi connectivity index (χ0) is 45.1. The summed E-state index contributed by atoms with van der Waals surface area (Å²) in [6, 6.07) is 78.3. The fraction of sp³-hybridized carbons (Fsp3) is 0.141. The van der Waals surface area contributed by atoms with Crippen LogP contribution in [0.1, 0.15) is 87.7 Å². The summed E-state index contributed by atoms with van der Waals surface area (Å²) in [6.07, 6.45) is 6.54. The van der Waals surface area contributed by atoms with E-state index in [0.717, 1.165) is 12.4 Å². The number of benzene rings is 8. The number of hydrogen-bond acceptors (Lipinski definition) is 3. The molecule has 13 rings (SSSR count). The molecular weight excluding hydrogens is 811 g/mol. The van der Waals surface area contributed by atoms with E-state index in [4.69, 9.17) is 4.98 Å². The van der Waals surface area contributed by atoms with Crippen molar-refractivity contribution >= 4 is 0 Å². The van der Waals surface area contributed by atoms with Crippen molar-refractivity contribution < 1.29 is 0 Å². The maximum absolute atomic E-state index is 5.39. The van der Waals surface area contributed by atoms with Gasteiger partial charge in [0.2, 0.25) is 0 Å². The Morgan fingerprint density at radius 2 is 0.791 bits per heavy atom. The summed E-state index contributed by atoms with van der Waals surface area (Å²) in [4.78, 5) is 10.2. The monoisotopic (exact) mass is 861 g/mol. The van der Waals surface area contributed by atoms with Gasteiger partial charge in [0.15, 0.2) is 0 Å². The first-order chi connectivity index (χ1) is 32.8. The van der Waals surface area contributed by atoms with Crippen molar-refractivity contribution in [2.45, 2.75) is 42.6 Å². The molecule has 322 valence electrons. The van der Waals surface area contributed by atoms with E-state index in [2.05, 4.69) is 256 Å². The van der Waals surface area contributed by atoms with Gasteiger partial charge in [-0.05, 0) is 112 Å². The Morgan fingerprint density at radius 3 is 1.24 bits per heavy atom. The van der Waals surface area contributed by atoms with Crippen molar-refractivity contribution in [1.82, 2.24) is 14.8 Å². The third kappa shape index (κ3) is 5.26. The first kappa shape index (κ1) is 39.6. The van der Waals surface area contributed by atoms with Crippen LogP contribution in [0, 0.1) is 0 Å². The standard InChI is InChI=1S/C64H51N3/c1-61(2,3)43-35-36-65-60(41-43)63(56-31-13-7-25-50(56)51-26-8-14-32-57(51)63)46-21-17-19-44(39-46)62(54-29-11-5-23-48(54)49-24-6-12-30-55(49)62)45-20-18-22-47(40-45)64(67-38-37-66(4)42-67)58-33-15-9-27-52(58)53-28-10-16-34-59(53)64/h5-41H,42H2,1-4H3. The molecule has 0 unspecified atom stereocenters. The Labute approximate surface area is 394 Å². The minimum Gasteiger partial charge on any atom is -0.362 e. The molecule has 4 aliphatic rings. The van der Waals surface area contributed by atoms with Gasteiger partial charge in [0.1, 0.15) is 5.54 Å². The van der Waals surface area contributed by atoms with Crippen LogP contribution in [0.4, 0.5) is 0 Å². The SMILES string of the molecule is CN1C=CN(C2(c3cccc(C4(c5cccc(C6(c7cc(C(C)(C)C)ccn7)c7ccccc7-c7ccccc76)c5)c5ccccc5-c5ccccc54)c3)c3ccccc3-c3ccccc32)C1. The minimum atomic E-state index is -0.680. The normalized spacial score (nSPS) is 16.2. The molecule has 0 saturated heterocycles. The summed E-state index contributed by atoms with van der Waals surface area (Å²) < 4.78 is 0. The Bertz CT molecular complexity index is 3360. The lowest BCUT2D eigenvalue weighted by atomic mass is 9.64. The van der Waals surface area contributed by atoms with E-state index in [1.807, 2.05) is 6.20 Å². The van der Waals surface area contributed by atoms with Gasteiger partial charge in [-0.3, -0.25) is 4.98 Å². The second-order valence-electron chi connectivity index (χ2n) is 20.0. The lowest BCUT2D eigenvalue weighted by Gasteiger charge is -2.43. The minimum absolute atomic E-state index is 0.0668. The van der Waals surface area contributed by atoms with Crippen LogP contribution < -0.4 is 0 Å². The molecule has 0 amide bonds. The van der Waals surface area contributed by atoms with Crippen LogP contribution in [-0.4, -0.2) is 28.5 Å². The average Bonchev–Trinajstić information content (AvgIpc) is 4.11. The molecule has 0 saturated carbocycles. The van der Waals surface area contributed by atoms with E-state index in [1.54, 1.807) is 0 Å². The van der Waals surface area contributed by atoms with E-state index in [-0.39, 0.29) is 5.41 Å². The molecule has 0 N–H and O–H groups in total. The Kier molecular flexibility index (Phi) is 8.50. The van der Waals surface area contributed by atoms with Crippen molar-refractivity contribution in [3.63, 3.8) is 0 Å². The Balaban J connectivity index is 1.12. The average molecular weight is 862 g/mol. The molecule has 1 aromatic heterocycles. The molecule has 0 spiro atoms. The lowest BCUT2D eigenvalue weighted by Crippen LogP contribution is -2.45. The predicted molar refractivity (Wildman–Crippen MR) is 273 cm³/mol. The van der Waals surface area contributed by atoms with Gasteiger partial charge >= 0.3 is 0 Å². The van der Waals surface area contributed by atoms with Gasteiger partial charge in [-0.2, -0.15) is 0 Å². The predicted octanol–water partition coefficient (Wildman–Crippen LogP) is 14.1.